The van der Waals surface area contributed by atoms with Gasteiger partial charge in [-0.3, -0.25) is 9.59 Å². The van der Waals surface area contributed by atoms with Gasteiger partial charge in [0.05, 0.1) is 6.42 Å². The first-order valence-corrected chi connectivity index (χ1v) is 9.27. The van der Waals surface area contributed by atoms with Crippen LogP contribution < -0.4 is 0 Å². The minimum atomic E-state index is -0.924. The zero-order chi connectivity index (χ0) is 19.0. The molecular formula is C23H22O4. The monoisotopic (exact) mass is 362 g/mol. The number of hydrogen-bond donors (Lipinski definition) is 1. The Morgan fingerprint density at radius 2 is 1.70 bits per heavy atom. The molecule has 1 aliphatic carbocycles. The minimum absolute atomic E-state index is 0.00839. The highest BCUT2D eigenvalue weighted by Gasteiger charge is 2.45. The SMILES string of the molecule is C[C@H](CC(=O)C1(CC(=O)O)Cc2ccccc2C1)c1cc2ccccc2o1. The average Bonchev–Trinajstić information content (AvgIpc) is 3.22. The molecular weight excluding hydrogens is 340 g/mol. The van der Waals surface area contributed by atoms with Crippen LogP contribution in [0.2, 0.25) is 0 Å². The van der Waals surface area contributed by atoms with Gasteiger partial charge in [-0.05, 0) is 36.1 Å². The number of furan rings is 1. The molecule has 0 unspecified atom stereocenters. The molecule has 3 aromatic rings. The van der Waals surface area contributed by atoms with Crippen molar-refractivity contribution in [1.29, 1.82) is 0 Å². The first-order chi connectivity index (χ1) is 13.0. The molecule has 138 valence electrons. The fourth-order valence-corrected chi connectivity index (χ4v) is 4.24. The fraction of sp³-hybridized carbons (Fsp3) is 0.304. The molecule has 1 atom stereocenters. The van der Waals surface area contributed by atoms with E-state index >= 15 is 0 Å². The van der Waals surface area contributed by atoms with Crippen LogP contribution in [0, 0.1) is 5.41 Å². The second-order valence-electron chi connectivity index (χ2n) is 7.69. The molecule has 0 saturated heterocycles. The van der Waals surface area contributed by atoms with Gasteiger partial charge in [-0.2, -0.15) is 0 Å². The van der Waals surface area contributed by atoms with Crippen molar-refractivity contribution in [3.05, 3.63) is 71.5 Å². The Morgan fingerprint density at radius 3 is 2.33 bits per heavy atom. The Bertz CT molecular complexity index is 956. The minimum Gasteiger partial charge on any atom is -0.481 e. The Kier molecular flexibility index (Phi) is 4.34. The van der Waals surface area contributed by atoms with Crippen LogP contribution in [0.15, 0.2) is 59.0 Å². The summed E-state index contributed by atoms with van der Waals surface area (Å²) in [7, 11) is 0. The summed E-state index contributed by atoms with van der Waals surface area (Å²) in [6.07, 6.45) is 1.15. The number of aliphatic carboxylic acids is 1. The van der Waals surface area contributed by atoms with Gasteiger partial charge in [-0.1, -0.05) is 49.4 Å². The summed E-state index contributed by atoms with van der Waals surface area (Å²) in [4.78, 5) is 24.8. The van der Waals surface area contributed by atoms with Gasteiger partial charge in [-0.15, -0.1) is 0 Å². The summed E-state index contributed by atoms with van der Waals surface area (Å²) in [5.41, 5.74) is 2.13. The van der Waals surface area contributed by atoms with E-state index in [0.29, 0.717) is 12.8 Å². The van der Waals surface area contributed by atoms with E-state index < -0.39 is 11.4 Å². The number of carboxylic acids is 1. The number of carboxylic acid groups (broad SMARTS) is 1. The Morgan fingerprint density at radius 1 is 1.07 bits per heavy atom. The van der Waals surface area contributed by atoms with Gasteiger partial charge in [0.25, 0.3) is 0 Å². The smallest absolute Gasteiger partial charge is 0.304 e. The third-order valence-electron chi connectivity index (χ3n) is 5.68. The zero-order valence-corrected chi connectivity index (χ0v) is 15.3. The average molecular weight is 362 g/mol. The zero-order valence-electron chi connectivity index (χ0n) is 15.3. The Hall–Kier alpha value is -2.88. The van der Waals surface area contributed by atoms with Crippen LogP contribution in [0.5, 0.6) is 0 Å². The lowest BCUT2D eigenvalue weighted by Gasteiger charge is -2.26. The van der Waals surface area contributed by atoms with Crippen molar-refractivity contribution < 1.29 is 19.1 Å². The second-order valence-corrected chi connectivity index (χ2v) is 7.69. The van der Waals surface area contributed by atoms with E-state index in [1.807, 2.05) is 61.5 Å². The lowest BCUT2D eigenvalue weighted by molar-refractivity contribution is -0.144. The molecule has 27 heavy (non-hydrogen) atoms. The van der Waals surface area contributed by atoms with Crippen molar-refractivity contribution in [3.8, 4) is 0 Å². The van der Waals surface area contributed by atoms with Crippen LogP contribution in [0.4, 0.5) is 0 Å². The number of carbonyl (C=O) groups excluding carboxylic acids is 1. The third kappa shape index (κ3) is 3.27. The van der Waals surface area contributed by atoms with Crippen molar-refractivity contribution >= 4 is 22.7 Å². The highest BCUT2D eigenvalue weighted by molar-refractivity contribution is 5.90. The third-order valence-corrected chi connectivity index (χ3v) is 5.68. The molecule has 0 bridgehead atoms. The molecule has 0 fully saturated rings. The highest BCUT2D eigenvalue weighted by Crippen LogP contribution is 2.43. The molecule has 0 spiro atoms. The van der Waals surface area contributed by atoms with Gasteiger partial charge in [0.1, 0.15) is 17.1 Å². The molecule has 4 heteroatoms. The summed E-state index contributed by atoms with van der Waals surface area (Å²) in [6.45, 7) is 1.96. The van der Waals surface area contributed by atoms with E-state index in [0.717, 1.165) is 27.9 Å². The molecule has 1 aromatic heterocycles. The van der Waals surface area contributed by atoms with Crippen molar-refractivity contribution in [2.75, 3.05) is 0 Å². The van der Waals surface area contributed by atoms with Crippen LogP contribution in [-0.4, -0.2) is 16.9 Å². The predicted molar refractivity (Wildman–Crippen MR) is 103 cm³/mol. The Balaban J connectivity index is 1.58. The fourth-order valence-electron chi connectivity index (χ4n) is 4.24. The number of ketones is 1. The summed E-state index contributed by atoms with van der Waals surface area (Å²) >= 11 is 0. The van der Waals surface area contributed by atoms with Crippen molar-refractivity contribution in [2.24, 2.45) is 5.41 Å². The largest absolute Gasteiger partial charge is 0.481 e. The quantitative estimate of drug-likeness (QED) is 0.687. The van der Waals surface area contributed by atoms with Crippen LogP contribution in [0.25, 0.3) is 11.0 Å². The normalized spacial score (nSPS) is 16.2. The van der Waals surface area contributed by atoms with E-state index in [-0.39, 0.29) is 24.5 Å². The number of benzene rings is 2. The maximum Gasteiger partial charge on any atom is 0.304 e. The number of hydrogen-bond acceptors (Lipinski definition) is 3. The van der Waals surface area contributed by atoms with Gasteiger partial charge in [0.15, 0.2) is 0 Å². The number of rotatable bonds is 6. The van der Waals surface area contributed by atoms with Crippen molar-refractivity contribution in [3.63, 3.8) is 0 Å². The Labute approximate surface area is 157 Å². The molecule has 0 radical (unpaired) electrons. The van der Waals surface area contributed by atoms with Crippen molar-refractivity contribution in [1.82, 2.24) is 0 Å². The summed E-state index contributed by atoms with van der Waals surface area (Å²) in [5, 5.41) is 10.5. The summed E-state index contributed by atoms with van der Waals surface area (Å²) < 4.78 is 5.90. The van der Waals surface area contributed by atoms with Crippen LogP contribution in [0.1, 0.15) is 42.6 Å². The molecule has 4 rings (SSSR count). The van der Waals surface area contributed by atoms with Crippen LogP contribution in [0.3, 0.4) is 0 Å². The predicted octanol–water partition coefficient (Wildman–Crippen LogP) is 4.76. The lowest BCUT2D eigenvalue weighted by atomic mass is 9.74. The molecule has 1 heterocycles. The highest BCUT2D eigenvalue weighted by atomic mass is 16.4. The first kappa shape index (κ1) is 17.5. The summed E-state index contributed by atoms with van der Waals surface area (Å²) in [5.74, 6) is -0.244. The van der Waals surface area contributed by atoms with Gasteiger partial charge in [0.2, 0.25) is 0 Å². The number of carbonyl (C=O) groups is 2. The van der Waals surface area contributed by atoms with E-state index in [1.165, 1.54) is 0 Å². The standard InChI is InChI=1S/C23H22O4/c1-15(20-11-16-6-4-5-9-19(16)27-20)10-21(24)23(14-22(25)26)12-17-7-2-3-8-18(17)13-23/h2-9,11,15H,10,12-14H2,1H3,(H,25,26)/t15-/m1/s1. The van der Waals surface area contributed by atoms with Gasteiger partial charge in [-0.25, -0.2) is 0 Å². The van der Waals surface area contributed by atoms with E-state index in [4.69, 9.17) is 4.42 Å². The van der Waals surface area contributed by atoms with Crippen LogP contribution >= 0.6 is 0 Å². The molecule has 1 aliphatic rings. The first-order valence-electron chi connectivity index (χ1n) is 9.27. The number of fused-ring (bicyclic) bond motifs is 2. The van der Waals surface area contributed by atoms with E-state index in [2.05, 4.69) is 0 Å². The van der Waals surface area contributed by atoms with Gasteiger partial charge >= 0.3 is 5.97 Å². The van der Waals surface area contributed by atoms with E-state index in [9.17, 15) is 14.7 Å². The summed E-state index contributed by atoms with van der Waals surface area (Å²) in [6, 6.07) is 17.6. The number of Topliss-reactive ketones (excluding diaryl/α,β-unsaturated/α-hetero) is 1. The molecule has 2 aromatic carbocycles. The maximum absolute atomic E-state index is 13.3. The second kappa shape index (κ2) is 6.69. The number of para-hydroxylation sites is 1. The molecule has 0 amide bonds. The molecule has 4 nitrogen and oxygen atoms in total. The van der Waals surface area contributed by atoms with Crippen LogP contribution in [-0.2, 0) is 22.4 Å². The van der Waals surface area contributed by atoms with E-state index in [1.54, 1.807) is 0 Å². The topological polar surface area (TPSA) is 67.5 Å². The van der Waals surface area contributed by atoms with Gasteiger partial charge < -0.3 is 9.52 Å². The lowest BCUT2D eigenvalue weighted by Crippen LogP contribution is -2.35. The molecule has 0 saturated carbocycles. The molecule has 1 N–H and O–H groups in total. The molecule has 0 aliphatic heterocycles. The maximum atomic E-state index is 13.3. The van der Waals surface area contributed by atoms with Crippen molar-refractivity contribution in [2.45, 2.75) is 38.5 Å². The van der Waals surface area contributed by atoms with Gasteiger partial charge in [0, 0.05) is 23.1 Å².